The van der Waals surface area contributed by atoms with Gasteiger partial charge in [0.15, 0.2) is 0 Å². The fourth-order valence-corrected chi connectivity index (χ4v) is 4.84. The van der Waals surface area contributed by atoms with Gasteiger partial charge in [0.05, 0.1) is 23.4 Å². The van der Waals surface area contributed by atoms with E-state index in [0.29, 0.717) is 11.3 Å². The molecule has 0 atom stereocenters. The second-order valence-corrected chi connectivity index (χ2v) is 8.42. The molecule has 3 aromatic rings. The molecule has 28 heavy (non-hydrogen) atoms. The number of amides is 2. The molecule has 2 amide bonds. The summed E-state index contributed by atoms with van der Waals surface area (Å²) < 4.78 is 0. The van der Waals surface area contributed by atoms with Crippen molar-refractivity contribution in [2.45, 2.75) is 25.7 Å². The Balaban J connectivity index is 1.44. The SMILES string of the molecule is O=C(Cc1csc(-c2ccsc2)n1)Nc1ccccc1C(=O)N1CCCCC1. The van der Waals surface area contributed by atoms with Crippen LogP contribution in [0.15, 0.2) is 46.5 Å². The molecule has 2 aromatic heterocycles. The van der Waals surface area contributed by atoms with Crippen LogP contribution < -0.4 is 5.32 Å². The van der Waals surface area contributed by atoms with Crippen LogP contribution in [0.1, 0.15) is 35.3 Å². The first-order valence-electron chi connectivity index (χ1n) is 9.36. The standard InChI is InChI=1S/C21H21N3O2S2/c25-19(12-16-14-28-20(22-16)15-8-11-27-13-15)23-18-7-3-2-6-17(18)21(26)24-9-4-1-5-10-24/h2-3,6-8,11,13-14H,1,4-5,9-10,12H2,(H,23,25). The molecule has 0 unspecified atom stereocenters. The van der Waals surface area contributed by atoms with E-state index in [1.54, 1.807) is 23.5 Å². The van der Waals surface area contributed by atoms with Crippen molar-refractivity contribution in [1.29, 1.82) is 0 Å². The third kappa shape index (κ3) is 4.31. The number of likely N-dealkylation sites (tertiary alicyclic amines) is 1. The van der Waals surface area contributed by atoms with E-state index in [2.05, 4.69) is 10.3 Å². The lowest BCUT2D eigenvalue weighted by atomic mass is 10.1. The molecule has 4 rings (SSSR count). The van der Waals surface area contributed by atoms with Gasteiger partial charge in [-0.15, -0.1) is 11.3 Å². The Labute approximate surface area is 172 Å². The number of hydrogen-bond acceptors (Lipinski definition) is 5. The van der Waals surface area contributed by atoms with Crippen LogP contribution >= 0.6 is 22.7 Å². The number of benzene rings is 1. The molecule has 0 aliphatic carbocycles. The molecule has 3 heterocycles. The minimum Gasteiger partial charge on any atom is -0.339 e. The van der Waals surface area contributed by atoms with Crippen molar-refractivity contribution in [2.75, 3.05) is 18.4 Å². The minimum absolute atomic E-state index is 0.0102. The van der Waals surface area contributed by atoms with Gasteiger partial charge in [-0.1, -0.05) is 12.1 Å². The molecule has 1 N–H and O–H groups in total. The molecular formula is C21H21N3O2S2. The topological polar surface area (TPSA) is 62.3 Å². The average molecular weight is 412 g/mol. The first-order valence-corrected chi connectivity index (χ1v) is 11.2. The molecule has 1 aliphatic rings. The summed E-state index contributed by atoms with van der Waals surface area (Å²) in [5.41, 5.74) is 2.94. The van der Waals surface area contributed by atoms with Crippen molar-refractivity contribution in [2.24, 2.45) is 0 Å². The summed E-state index contributed by atoms with van der Waals surface area (Å²) in [6, 6.07) is 9.26. The molecule has 5 nitrogen and oxygen atoms in total. The lowest BCUT2D eigenvalue weighted by molar-refractivity contribution is -0.115. The molecule has 7 heteroatoms. The van der Waals surface area contributed by atoms with Gasteiger partial charge in [0.2, 0.25) is 5.91 Å². The van der Waals surface area contributed by atoms with Crippen molar-refractivity contribution < 1.29 is 9.59 Å². The van der Waals surface area contributed by atoms with Crippen LogP contribution in [0, 0.1) is 0 Å². The minimum atomic E-state index is -0.166. The number of piperidine rings is 1. The first kappa shape index (κ1) is 18.8. The monoisotopic (exact) mass is 411 g/mol. The summed E-state index contributed by atoms with van der Waals surface area (Å²) in [7, 11) is 0. The van der Waals surface area contributed by atoms with Gasteiger partial charge in [0, 0.05) is 29.4 Å². The molecule has 1 aromatic carbocycles. The molecule has 0 bridgehead atoms. The van der Waals surface area contributed by atoms with E-state index >= 15 is 0 Å². The van der Waals surface area contributed by atoms with E-state index in [1.807, 2.05) is 39.2 Å². The van der Waals surface area contributed by atoms with Crippen molar-refractivity contribution in [3.63, 3.8) is 0 Å². The molecular weight excluding hydrogens is 390 g/mol. The van der Waals surface area contributed by atoms with E-state index in [1.165, 1.54) is 17.8 Å². The molecule has 0 spiro atoms. The Morgan fingerprint density at radius 3 is 2.68 bits per heavy atom. The fraction of sp³-hybridized carbons (Fsp3) is 0.286. The van der Waals surface area contributed by atoms with Gasteiger partial charge in [0.1, 0.15) is 5.01 Å². The van der Waals surface area contributed by atoms with Crippen LogP contribution in [0.5, 0.6) is 0 Å². The summed E-state index contributed by atoms with van der Waals surface area (Å²) >= 11 is 3.16. The largest absolute Gasteiger partial charge is 0.339 e. The van der Waals surface area contributed by atoms with Gasteiger partial charge >= 0.3 is 0 Å². The van der Waals surface area contributed by atoms with Crippen LogP contribution in [0.3, 0.4) is 0 Å². The molecule has 0 saturated carbocycles. The van der Waals surface area contributed by atoms with Gasteiger partial charge in [-0.2, -0.15) is 11.3 Å². The zero-order valence-electron chi connectivity index (χ0n) is 15.4. The third-order valence-corrected chi connectivity index (χ3v) is 6.36. The third-order valence-electron chi connectivity index (χ3n) is 4.74. The summed E-state index contributed by atoms with van der Waals surface area (Å²) in [4.78, 5) is 31.9. The predicted molar refractivity (Wildman–Crippen MR) is 114 cm³/mol. The number of anilines is 1. The number of para-hydroxylation sites is 1. The number of carbonyl (C=O) groups excluding carboxylic acids is 2. The Bertz CT molecular complexity index is 960. The highest BCUT2D eigenvalue weighted by Crippen LogP contribution is 2.26. The van der Waals surface area contributed by atoms with Gasteiger partial charge in [-0.3, -0.25) is 9.59 Å². The number of rotatable bonds is 5. The smallest absolute Gasteiger partial charge is 0.255 e. The molecule has 1 fully saturated rings. The Morgan fingerprint density at radius 2 is 1.89 bits per heavy atom. The fourth-order valence-electron chi connectivity index (χ4n) is 3.31. The van der Waals surface area contributed by atoms with Crippen LogP contribution in [0.2, 0.25) is 0 Å². The zero-order valence-corrected chi connectivity index (χ0v) is 17.0. The number of aromatic nitrogens is 1. The van der Waals surface area contributed by atoms with Crippen LogP contribution in [0.4, 0.5) is 5.69 Å². The lowest BCUT2D eigenvalue weighted by Gasteiger charge is -2.27. The van der Waals surface area contributed by atoms with Gasteiger partial charge in [-0.25, -0.2) is 4.98 Å². The average Bonchev–Trinajstić information content (AvgIpc) is 3.40. The van der Waals surface area contributed by atoms with Gasteiger partial charge < -0.3 is 10.2 Å². The normalized spacial score (nSPS) is 14.1. The van der Waals surface area contributed by atoms with Crippen LogP contribution in [0.25, 0.3) is 10.6 Å². The summed E-state index contributed by atoms with van der Waals surface area (Å²) in [5.74, 6) is -0.176. The van der Waals surface area contributed by atoms with E-state index in [9.17, 15) is 9.59 Å². The van der Waals surface area contributed by atoms with E-state index in [0.717, 1.165) is 42.2 Å². The maximum atomic E-state index is 12.9. The highest BCUT2D eigenvalue weighted by Gasteiger charge is 2.21. The zero-order chi connectivity index (χ0) is 19.3. The summed E-state index contributed by atoms with van der Waals surface area (Å²) in [6.07, 6.45) is 3.43. The van der Waals surface area contributed by atoms with Gasteiger partial charge in [0.25, 0.3) is 5.91 Å². The Hall–Kier alpha value is -2.51. The number of hydrogen-bond donors (Lipinski definition) is 1. The van der Waals surface area contributed by atoms with Crippen molar-refractivity contribution in [3.05, 3.63) is 57.7 Å². The van der Waals surface area contributed by atoms with Crippen LogP contribution in [-0.4, -0.2) is 34.8 Å². The van der Waals surface area contributed by atoms with E-state index < -0.39 is 0 Å². The number of nitrogens with one attached hydrogen (secondary N) is 1. The molecule has 144 valence electrons. The number of carbonyl (C=O) groups is 2. The Morgan fingerprint density at radius 1 is 1.07 bits per heavy atom. The van der Waals surface area contributed by atoms with E-state index in [-0.39, 0.29) is 18.2 Å². The highest BCUT2D eigenvalue weighted by molar-refractivity contribution is 7.14. The van der Waals surface area contributed by atoms with E-state index in [4.69, 9.17) is 0 Å². The van der Waals surface area contributed by atoms with Crippen molar-refractivity contribution in [1.82, 2.24) is 9.88 Å². The summed E-state index contributed by atoms with van der Waals surface area (Å²) in [6.45, 7) is 1.57. The predicted octanol–water partition coefficient (Wildman–Crippen LogP) is 4.68. The number of nitrogens with zero attached hydrogens (tertiary/aromatic N) is 2. The molecule has 1 aliphatic heterocycles. The second-order valence-electron chi connectivity index (χ2n) is 6.78. The van der Waals surface area contributed by atoms with Crippen molar-refractivity contribution >= 4 is 40.2 Å². The van der Waals surface area contributed by atoms with Gasteiger partial charge in [-0.05, 0) is 42.8 Å². The van der Waals surface area contributed by atoms with Crippen molar-refractivity contribution in [3.8, 4) is 10.6 Å². The maximum absolute atomic E-state index is 12.9. The highest BCUT2D eigenvalue weighted by atomic mass is 32.1. The second kappa shape index (κ2) is 8.67. The number of thiophene rings is 1. The Kier molecular flexibility index (Phi) is 5.83. The maximum Gasteiger partial charge on any atom is 0.255 e. The van der Waals surface area contributed by atoms with Crippen LogP contribution in [-0.2, 0) is 11.2 Å². The number of thiazole rings is 1. The molecule has 0 radical (unpaired) electrons. The summed E-state index contributed by atoms with van der Waals surface area (Å²) in [5, 5.41) is 9.80. The molecule has 1 saturated heterocycles. The quantitative estimate of drug-likeness (QED) is 0.663. The lowest BCUT2D eigenvalue weighted by Crippen LogP contribution is -2.36. The first-order chi connectivity index (χ1) is 13.7.